The Kier molecular flexibility index (Phi) is 12.3. The fourth-order valence-electron chi connectivity index (χ4n) is 4.97. The molecule has 0 aliphatic carbocycles. The van der Waals surface area contributed by atoms with E-state index >= 15 is 0 Å². The predicted molar refractivity (Wildman–Crippen MR) is 197 cm³/mol. The molecule has 3 heteroatoms. The van der Waals surface area contributed by atoms with Crippen molar-refractivity contribution in [3.63, 3.8) is 0 Å². The first kappa shape index (κ1) is 35.2. The van der Waals surface area contributed by atoms with Crippen molar-refractivity contribution in [2.24, 2.45) is 0 Å². The van der Waals surface area contributed by atoms with Crippen molar-refractivity contribution in [1.82, 2.24) is 0 Å². The molecule has 6 aromatic carbocycles. The summed E-state index contributed by atoms with van der Waals surface area (Å²) in [5, 5.41) is 0. The summed E-state index contributed by atoms with van der Waals surface area (Å²) in [7, 11) is 0. The summed E-state index contributed by atoms with van der Waals surface area (Å²) >= 11 is 0. The van der Waals surface area contributed by atoms with E-state index in [1.165, 1.54) is 16.7 Å². The summed E-state index contributed by atoms with van der Waals surface area (Å²) < 4.78 is 0. The van der Waals surface area contributed by atoms with Gasteiger partial charge < -0.3 is 0 Å². The topological polar surface area (TPSA) is 51.2 Å². The highest BCUT2D eigenvalue weighted by atomic mass is 16.1. The third-order valence-electron chi connectivity index (χ3n) is 7.78. The molecule has 0 aliphatic rings. The first-order chi connectivity index (χ1) is 23.0. The van der Waals surface area contributed by atoms with Gasteiger partial charge in [-0.1, -0.05) is 161 Å². The summed E-state index contributed by atoms with van der Waals surface area (Å²) in [5.74, 6) is 0.260. The van der Waals surface area contributed by atoms with Crippen molar-refractivity contribution >= 4 is 17.3 Å². The second kappa shape index (κ2) is 16.8. The van der Waals surface area contributed by atoms with E-state index in [2.05, 4.69) is 0 Å². The van der Waals surface area contributed by atoms with Crippen LogP contribution in [-0.2, 0) is 0 Å². The van der Waals surface area contributed by atoms with Crippen LogP contribution in [0.3, 0.4) is 0 Å². The van der Waals surface area contributed by atoms with Crippen LogP contribution >= 0.6 is 0 Å². The van der Waals surface area contributed by atoms with Gasteiger partial charge in [-0.05, 0) is 59.7 Å². The van der Waals surface area contributed by atoms with Gasteiger partial charge in [0.25, 0.3) is 0 Å². The molecule has 0 N–H and O–H groups in total. The molecule has 6 rings (SSSR count). The molecule has 0 bridgehead atoms. The average molecular weight is 631 g/mol. The first-order valence-electron chi connectivity index (χ1n) is 16.0. The molecule has 0 aromatic heterocycles. The minimum Gasteiger partial charge on any atom is -0.289 e. The van der Waals surface area contributed by atoms with Gasteiger partial charge in [-0.15, -0.1) is 0 Å². The van der Waals surface area contributed by atoms with Gasteiger partial charge in [0, 0.05) is 33.4 Å². The van der Waals surface area contributed by atoms with Crippen molar-refractivity contribution < 1.29 is 14.4 Å². The quantitative estimate of drug-likeness (QED) is 0.172. The van der Waals surface area contributed by atoms with Crippen LogP contribution in [0.1, 0.15) is 81.1 Å². The summed E-state index contributed by atoms with van der Waals surface area (Å²) in [5.41, 5.74) is 11.3. The first-order valence-corrected chi connectivity index (χ1v) is 16.0. The highest BCUT2D eigenvalue weighted by molar-refractivity contribution is 6.10. The molecule has 0 amide bonds. The second-order valence-corrected chi connectivity index (χ2v) is 12.2. The smallest absolute Gasteiger partial charge is 0.193 e. The van der Waals surface area contributed by atoms with E-state index in [0.717, 1.165) is 50.1 Å². The fourth-order valence-corrected chi connectivity index (χ4v) is 4.97. The Balaban J connectivity index is 0.000000163. The lowest BCUT2D eigenvalue weighted by molar-refractivity contribution is 0.103. The number of ketones is 3. The maximum Gasteiger partial charge on any atom is 0.193 e. The number of rotatable bonds is 6. The molecular weight excluding hydrogens is 588 g/mol. The Morgan fingerprint density at radius 1 is 0.271 bits per heavy atom. The molecule has 0 heterocycles. The second-order valence-electron chi connectivity index (χ2n) is 12.2. The minimum absolute atomic E-state index is 0.0833. The number of hydrogen-bond donors (Lipinski definition) is 0. The minimum atomic E-state index is 0.0833. The van der Waals surface area contributed by atoms with Crippen molar-refractivity contribution in [2.75, 3.05) is 0 Å². The molecule has 0 saturated carbocycles. The number of aryl methyl sites for hydroxylation is 6. The highest BCUT2D eigenvalue weighted by Gasteiger charge is 2.10. The van der Waals surface area contributed by atoms with Crippen molar-refractivity contribution in [2.45, 2.75) is 41.5 Å². The van der Waals surface area contributed by atoms with Gasteiger partial charge in [0.1, 0.15) is 0 Å². The van der Waals surface area contributed by atoms with Crippen LogP contribution in [0.2, 0.25) is 0 Å². The summed E-state index contributed by atoms with van der Waals surface area (Å²) in [6.07, 6.45) is 0. The van der Waals surface area contributed by atoms with Crippen LogP contribution in [0.25, 0.3) is 0 Å². The van der Waals surface area contributed by atoms with Crippen LogP contribution in [0.5, 0.6) is 0 Å². The third kappa shape index (κ3) is 10.2. The maximum absolute atomic E-state index is 12.2. The zero-order valence-corrected chi connectivity index (χ0v) is 28.6. The Bertz CT molecular complexity index is 1900. The lowest BCUT2D eigenvalue weighted by Gasteiger charge is -2.03. The number of carbonyl (C=O) groups is 3. The van der Waals surface area contributed by atoms with Crippen molar-refractivity contribution in [3.8, 4) is 0 Å². The molecular formula is C45H42O3. The van der Waals surface area contributed by atoms with Gasteiger partial charge in [0.15, 0.2) is 17.3 Å². The van der Waals surface area contributed by atoms with Gasteiger partial charge in [-0.3, -0.25) is 14.4 Å². The van der Waals surface area contributed by atoms with Crippen molar-refractivity contribution in [1.29, 1.82) is 0 Å². The molecule has 48 heavy (non-hydrogen) atoms. The van der Waals surface area contributed by atoms with Crippen molar-refractivity contribution in [3.05, 3.63) is 212 Å². The van der Waals surface area contributed by atoms with E-state index in [0.29, 0.717) is 0 Å². The normalized spacial score (nSPS) is 10.1. The average Bonchev–Trinajstić information content (AvgIpc) is 3.09. The molecule has 0 atom stereocenters. The van der Waals surface area contributed by atoms with E-state index in [4.69, 9.17) is 0 Å². The summed E-state index contributed by atoms with van der Waals surface area (Å²) in [6, 6.07) is 46.1. The van der Waals surface area contributed by atoms with Crippen LogP contribution in [0.4, 0.5) is 0 Å². The van der Waals surface area contributed by atoms with E-state index in [9.17, 15) is 14.4 Å². The van der Waals surface area contributed by atoms with Gasteiger partial charge in [0.05, 0.1) is 0 Å². The summed E-state index contributed by atoms with van der Waals surface area (Å²) in [4.78, 5) is 36.3. The molecule has 0 saturated heterocycles. The van der Waals surface area contributed by atoms with Gasteiger partial charge >= 0.3 is 0 Å². The maximum atomic E-state index is 12.2. The monoisotopic (exact) mass is 630 g/mol. The van der Waals surface area contributed by atoms with Crippen LogP contribution in [0, 0.1) is 41.5 Å². The van der Waals surface area contributed by atoms with E-state index in [1.807, 2.05) is 187 Å². The Hall–Kier alpha value is -5.67. The highest BCUT2D eigenvalue weighted by Crippen LogP contribution is 2.15. The SMILES string of the molecule is Cc1ccc(C(=O)c2ccc(C)cc2)cc1.Cc1ccc(C(=O)c2cccc(C)c2)cc1.Cc1cccc(C(=O)c2cccc(C)c2)c1. The molecule has 3 nitrogen and oxygen atoms in total. The van der Waals surface area contributed by atoms with E-state index in [1.54, 1.807) is 0 Å². The molecule has 240 valence electrons. The summed E-state index contributed by atoms with van der Waals surface area (Å²) in [6.45, 7) is 12.0. The Morgan fingerprint density at radius 3 is 0.750 bits per heavy atom. The lowest BCUT2D eigenvalue weighted by Crippen LogP contribution is -2.01. The zero-order chi connectivity index (χ0) is 34.6. The molecule has 0 radical (unpaired) electrons. The van der Waals surface area contributed by atoms with Gasteiger partial charge in [0.2, 0.25) is 0 Å². The standard InChI is InChI=1S/3C15H14O/c1-11-3-7-13(8-4-11)15(16)14-9-5-12(2)6-10-14;1-11-5-3-7-13(9-11)15(16)14-8-4-6-12(2)10-14;1-11-6-8-13(9-7-11)15(16)14-5-3-4-12(2)10-14/h3*3-10H,1-2H3. The molecule has 0 spiro atoms. The molecule has 0 aliphatic heterocycles. The molecule has 6 aromatic rings. The Labute approximate surface area is 284 Å². The predicted octanol–water partition coefficient (Wildman–Crippen LogP) is 10.6. The van der Waals surface area contributed by atoms with Gasteiger partial charge in [-0.25, -0.2) is 0 Å². The molecule has 0 fully saturated rings. The largest absolute Gasteiger partial charge is 0.289 e. The number of carbonyl (C=O) groups excluding carboxylic acids is 3. The fraction of sp³-hybridized carbons (Fsp3) is 0.133. The van der Waals surface area contributed by atoms with Crippen LogP contribution < -0.4 is 0 Å². The Morgan fingerprint density at radius 2 is 0.500 bits per heavy atom. The number of benzene rings is 6. The van der Waals surface area contributed by atoms with E-state index < -0.39 is 0 Å². The van der Waals surface area contributed by atoms with E-state index in [-0.39, 0.29) is 17.3 Å². The lowest BCUT2D eigenvalue weighted by atomic mass is 10.0. The van der Waals surface area contributed by atoms with Crippen LogP contribution in [-0.4, -0.2) is 17.3 Å². The molecule has 0 unspecified atom stereocenters. The number of hydrogen-bond acceptors (Lipinski definition) is 3. The zero-order valence-electron chi connectivity index (χ0n) is 28.6. The van der Waals surface area contributed by atoms with Gasteiger partial charge in [-0.2, -0.15) is 0 Å². The van der Waals surface area contributed by atoms with Crippen LogP contribution in [0.15, 0.2) is 146 Å². The third-order valence-corrected chi connectivity index (χ3v) is 7.78.